The van der Waals surface area contributed by atoms with Gasteiger partial charge in [-0.05, 0) is 61.4 Å². The molecule has 0 radical (unpaired) electrons. The van der Waals surface area contributed by atoms with Crippen LogP contribution in [0.5, 0.6) is 0 Å². The number of nitrogens with one attached hydrogen (secondary N) is 2. The van der Waals surface area contributed by atoms with Crippen molar-refractivity contribution < 1.29 is 14.3 Å². The molecule has 0 saturated carbocycles. The van der Waals surface area contributed by atoms with Gasteiger partial charge >= 0.3 is 0 Å². The van der Waals surface area contributed by atoms with Crippen molar-refractivity contribution in [1.29, 1.82) is 0 Å². The van der Waals surface area contributed by atoms with Crippen molar-refractivity contribution in [2.75, 3.05) is 35.2 Å². The van der Waals surface area contributed by atoms with E-state index in [2.05, 4.69) is 27.8 Å². The van der Waals surface area contributed by atoms with Gasteiger partial charge in [0.2, 0.25) is 5.91 Å². The Morgan fingerprint density at radius 1 is 1.24 bits per heavy atom. The number of pyridine rings is 1. The number of ether oxygens (including phenoxy) is 1. The molecule has 150 valence electrons. The monoisotopic (exact) mass is 392 g/mol. The standard InChI is InChI=1S/C22H24N4O3/c27-20-12-24-21-19(26(20)13-18-5-2-8-29-18)10-16(11-23-21)22(28)25-17-7-6-14-3-1-4-15(14)9-17/h6-7,9-11,18H,1-5,8,12-13H2,(H,23,24)(H,25,28). The Kier molecular flexibility index (Phi) is 4.67. The third kappa shape index (κ3) is 3.58. The molecule has 1 fully saturated rings. The molecule has 3 heterocycles. The van der Waals surface area contributed by atoms with Gasteiger partial charge in [0.1, 0.15) is 5.82 Å². The highest BCUT2D eigenvalue weighted by molar-refractivity contribution is 6.07. The molecule has 2 aromatic rings. The molecular weight excluding hydrogens is 368 g/mol. The van der Waals surface area contributed by atoms with E-state index in [-0.39, 0.29) is 24.5 Å². The van der Waals surface area contributed by atoms with Crippen LogP contribution in [0.2, 0.25) is 0 Å². The van der Waals surface area contributed by atoms with Crippen molar-refractivity contribution in [2.24, 2.45) is 0 Å². The predicted octanol–water partition coefficient (Wildman–Crippen LogP) is 2.76. The summed E-state index contributed by atoms with van der Waals surface area (Å²) in [6.45, 7) is 1.43. The molecule has 1 aliphatic carbocycles. The zero-order valence-corrected chi connectivity index (χ0v) is 16.2. The fraction of sp³-hybridized carbons (Fsp3) is 0.409. The molecule has 1 aromatic heterocycles. The molecule has 7 nitrogen and oxygen atoms in total. The number of anilines is 3. The number of rotatable bonds is 4. The molecule has 2 N–H and O–H groups in total. The minimum absolute atomic E-state index is 0.0359. The van der Waals surface area contributed by atoms with Gasteiger partial charge in [-0.25, -0.2) is 4.98 Å². The molecule has 1 aromatic carbocycles. The summed E-state index contributed by atoms with van der Waals surface area (Å²) in [5.74, 6) is 0.357. The number of carbonyl (C=O) groups excluding carboxylic acids is 2. The van der Waals surface area contributed by atoms with Crippen LogP contribution in [-0.4, -0.2) is 42.6 Å². The molecule has 7 heteroatoms. The molecule has 5 rings (SSSR count). The molecule has 2 amide bonds. The van der Waals surface area contributed by atoms with E-state index in [1.165, 1.54) is 17.5 Å². The number of carbonyl (C=O) groups is 2. The Labute approximate surface area is 169 Å². The van der Waals surface area contributed by atoms with Gasteiger partial charge in [0.15, 0.2) is 0 Å². The number of fused-ring (bicyclic) bond motifs is 2. The lowest BCUT2D eigenvalue weighted by Gasteiger charge is -2.31. The van der Waals surface area contributed by atoms with Gasteiger partial charge in [-0.15, -0.1) is 0 Å². The Morgan fingerprint density at radius 3 is 3.00 bits per heavy atom. The summed E-state index contributed by atoms with van der Waals surface area (Å²) >= 11 is 0. The Morgan fingerprint density at radius 2 is 2.14 bits per heavy atom. The van der Waals surface area contributed by atoms with Crippen LogP contribution in [-0.2, 0) is 22.4 Å². The molecule has 29 heavy (non-hydrogen) atoms. The Balaban J connectivity index is 1.37. The first-order valence-electron chi connectivity index (χ1n) is 10.3. The van der Waals surface area contributed by atoms with Crippen molar-refractivity contribution in [3.63, 3.8) is 0 Å². The number of amides is 2. The topological polar surface area (TPSA) is 83.6 Å². The highest BCUT2D eigenvalue weighted by atomic mass is 16.5. The van der Waals surface area contributed by atoms with Crippen molar-refractivity contribution in [3.8, 4) is 0 Å². The third-order valence-electron chi connectivity index (χ3n) is 5.90. The van der Waals surface area contributed by atoms with E-state index in [1.54, 1.807) is 17.2 Å². The van der Waals surface area contributed by atoms with Gasteiger partial charge < -0.3 is 20.3 Å². The predicted molar refractivity (Wildman–Crippen MR) is 110 cm³/mol. The second-order valence-electron chi connectivity index (χ2n) is 7.88. The second-order valence-corrected chi connectivity index (χ2v) is 7.88. The SMILES string of the molecule is O=C(Nc1ccc2c(c1)CCC2)c1cnc2c(c1)N(CC1CCCO1)C(=O)CN2. The summed E-state index contributed by atoms with van der Waals surface area (Å²) < 4.78 is 5.70. The number of hydrogen-bond donors (Lipinski definition) is 2. The fourth-order valence-electron chi connectivity index (χ4n) is 4.35. The summed E-state index contributed by atoms with van der Waals surface area (Å²) in [6.07, 6.45) is 6.88. The minimum Gasteiger partial charge on any atom is -0.376 e. The summed E-state index contributed by atoms with van der Waals surface area (Å²) in [6, 6.07) is 7.84. The van der Waals surface area contributed by atoms with Gasteiger partial charge in [-0.2, -0.15) is 0 Å². The summed E-state index contributed by atoms with van der Waals surface area (Å²) in [7, 11) is 0. The van der Waals surface area contributed by atoms with Crippen LogP contribution in [0, 0.1) is 0 Å². The van der Waals surface area contributed by atoms with E-state index in [4.69, 9.17) is 4.74 Å². The maximum atomic E-state index is 12.8. The minimum atomic E-state index is -0.228. The third-order valence-corrected chi connectivity index (χ3v) is 5.90. The highest BCUT2D eigenvalue weighted by Crippen LogP contribution is 2.30. The lowest BCUT2D eigenvalue weighted by atomic mass is 10.1. The van der Waals surface area contributed by atoms with E-state index < -0.39 is 0 Å². The smallest absolute Gasteiger partial charge is 0.257 e. The molecular formula is C22H24N4O3. The average Bonchev–Trinajstić information content (AvgIpc) is 3.41. The first kappa shape index (κ1) is 18.1. The lowest BCUT2D eigenvalue weighted by molar-refractivity contribution is -0.117. The average molecular weight is 392 g/mol. The maximum absolute atomic E-state index is 12.8. The Hall–Kier alpha value is -2.93. The molecule has 1 atom stereocenters. The van der Waals surface area contributed by atoms with Crippen LogP contribution in [0.1, 0.15) is 40.7 Å². The summed E-state index contributed by atoms with van der Waals surface area (Å²) in [4.78, 5) is 31.4. The van der Waals surface area contributed by atoms with Crippen LogP contribution >= 0.6 is 0 Å². The number of benzene rings is 1. The van der Waals surface area contributed by atoms with E-state index in [1.807, 2.05) is 6.07 Å². The zero-order chi connectivity index (χ0) is 19.8. The molecule has 1 saturated heterocycles. The largest absolute Gasteiger partial charge is 0.376 e. The van der Waals surface area contributed by atoms with Crippen molar-refractivity contribution in [2.45, 2.75) is 38.2 Å². The number of hydrogen-bond acceptors (Lipinski definition) is 5. The molecule has 2 aliphatic heterocycles. The van der Waals surface area contributed by atoms with Gasteiger partial charge in [-0.1, -0.05) is 6.07 Å². The summed E-state index contributed by atoms with van der Waals surface area (Å²) in [5, 5.41) is 6.00. The molecule has 0 spiro atoms. The number of nitrogens with zero attached hydrogens (tertiary/aromatic N) is 2. The van der Waals surface area contributed by atoms with Gasteiger partial charge in [0.25, 0.3) is 5.91 Å². The highest BCUT2D eigenvalue weighted by Gasteiger charge is 2.29. The van der Waals surface area contributed by atoms with Crippen molar-refractivity contribution in [3.05, 3.63) is 47.2 Å². The quantitative estimate of drug-likeness (QED) is 0.836. The second kappa shape index (κ2) is 7.48. The van der Waals surface area contributed by atoms with Crippen molar-refractivity contribution in [1.82, 2.24) is 4.98 Å². The van der Waals surface area contributed by atoms with Crippen LogP contribution in [0.15, 0.2) is 30.5 Å². The fourth-order valence-corrected chi connectivity index (χ4v) is 4.35. The maximum Gasteiger partial charge on any atom is 0.257 e. The van der Waals surface area contributed by atoms with Gasteiger partial charge in [0, 0.05) is 18.5 Å². The normalized spacial score (nSPS) is 20.2. The van der Waals surface area contributed by atoms with Crippen LogP contribution in [0.4, 0.5) is 17.2 Å². The van der Waals surface area contributed by atoms with E-state index in [0.717, 1.165) is 38.0 Å². The van der Waals surface area contributed by atoms with Crippen LogP contribution in [0.3, 0.4) is 0 Å². The zero-order valence-electron chi connectivity index (χ0n) is 16.2. The first-order valence-corrected chi connectivity index (χ1v) is 10.3. The van der Waals surface area contributed by atoms with E-state index >= 15 is 0 Å². The van der Waals surface area contributed by atoms with Gasteiger partial charge in [0.05, 0.1) is 30.4 Å². The first-order chi connectivity index (χ1) is 14.2. The van der Waals surface area contributed by atoms with E-state index in [0.29, 0.717) is 23.6 Å². The molecule has 0 bridgehead atoms. The van der Waals surface area contributed by atoms with Gasteiger partial charge in [-0.3, -0.25) is 9.59 Å². The van der Waals surface area contributed by atoms with Crippen LogP contribution < -0.4 is 15.5 Å². The molecule has 1 unspecified atom stereocenters. The molecule has 3 aliphatic rings. The Bertz CT molecular complexity index is 969. The number of aromatic nitrogens is 1. The van der Waals surface area contributed by atoms with E-state index in [9.17, 15) is 9.59 Å². The van der Waals surface area contributed by atoms with Crippen molar-refractivity contribution >= 4 is 29.0 Å². The van der Waals surface area contributed by atoms with Crippen LogP contribution in [0.25, 0.3) is 0 Å². The summed E-state index contributed by atoms with van der Waals surface area (Å²) in [5.41, 5.74) is 4.53. The lowest BCUT2D eigenvalue weighted by Crippen LogP contribution is -2.44. The number of aryl methyl sites for hydroxylation is 2.